The minimum Gasteiger partial charge on any atom is -0.496 e. The molecule has 1 aromatic carbocycles. The van der Waals surface area contributed by atoms with E-state index in [1.165, 1.54) is 13.2 Å². The van der Waals surface area contributed by atoms with Crippen LogP contribution >= 0.6 is 0 Å². The largest absolute Gasteiger partial charge is 0.496 e. The summed E-state index contributed by atoms with van der Waals surface area (Å²) in [6.45, 7) is 11.0. The van der Waals surface area contributed by atoms with Crippen molar-refractivity contribution in [3.8, 4) is 5.75 Å². The van der Waals surface area contributed by atoms with Gasteiger partial charge in [-0.1, -0.05) is 6.07 Å². The molecular formula is C20H28O6. The number of hydrogen-bond acceptors (Lipinski definition) is 6. The Balaban J connectivity index is 3.28. The number of ether oxygens (including phenoxy) is 4. The monoisotopic (exact) mass is 364 g/mol. The van der Waals surface area contributed by atoms with Gasteiger partial charge in [-0.3, -0.25) is 0 Å². The van der Waals surface area contributed by atoms with Crippen molar-refractivity contribution < 1.29 is 28.5 Å². The first-order chi connectivity index (χ1) is 12.1. The van der Waals surface area contributed by atoms with E-state index >= 15 is 0 Å². The number of methoxy groups -OCH3 is 1. The van der Waals surface area contributed by atoms with Crippen LogP contribution in [0.3, 0.4) is 0 Å². The van der Waals surface area contributed by atoms with Crippen LogP contribution in [0.15, 0.2) is 24.0 Å². The molecule has 0 saturated carbocycles. The summed E-state index contributed by atoms with van der Waals surface area (Å²) in [4.78, 5) is 24.5. The first kappa shape index (κ1) is 21.5. The Labute approximate surface area is 155 Å². The molecule has 0 atom stereocenters. The third-order valence-corrected chi connectivity index (χ3v) is 2.98. The average Bonchev–Trinajstić information content (AvgIpc) is 2.52. The molecule has 0 aliphatic heterocycles. The van der Waals surface area contributed by atoms with Gasteiger partial charge in [0, 0.05) is 0 Å². The fourth-order valence-electron chi connectivity index (χ4n) is 2.06. The van der Waals surface area contributed by atoms with E-state index in [0.29, 0.717) is 11.3 Å². The number of carbonyl (C=O) groups excluding carboxylic acids is 2. The van der Waals surface area contributed by atoms with E-state index < -0.39 is 17.5 Å². The zero-order valence-corrected chi connectivity index (χ0v) is 16.5. The normalized spacial score (nSPS) is 11.9. The Kier molecular flexibility index (Phi) is 7.68. The minimum atomic E-state index is -0.634. The molecule has 1 aromatic rings. The number of benzene rings is 1. The van der Waals surface area contributed by atoms with Crippen LogP contribution in [0.5, 0.6) is 5.75 Å². The third-order valence-electron chi connectivity index (χ3n) is 2.98. The molecule has 0 radical (unpaired) electrons. The van der Waals surface area contributed by atoms with Crippen molar-refractivity contribution in [3.63, 3.8) is 0 Å². The fraction of sp³-hybridized carbons (Fsp3) is 0.500. The molecule has 0 aliphatic rings. The predicted octanol–water partition coefficient (Wildman–Crippen LogP) is 3.98. The lowest BCUT2D eigenvalue weighted by Crippen LogP contribution is -2.24. The van der Waals surface area contributed by atoms with Crippen molar-refractivity contribution in [2.75, 3.05) is 13.7 Å². The average molecular weight is 364 g/mol. The van der Waals surface area contributed by atoms with E-state index in [-0.39, 0.29) is 24.0 Å². The second-order valence-corrected chi connectivity index (χ2v) is 6.86. The first-order valence-electron chi connectivity index (χ1n) is 8.54. The van der Waals surface area contributed by atoms with Crippen LogP contribution < -0.4 is 4.74 Å². The van der Waals surface area contributed by atoms with Gasteiger partial charge in [0.2, 0.25) is 5.76 Å². The van der Waals surface area contributed by atoms with E-state index in [1.54, 1.807) is 45.9 Å². The van der Waals surface area contributed by atoms with Gasteiger partial charge >= 0.3 is 11.9 Å². The highest BCUT2D eigenvalue weighted by Gasteiger charge is 2.22. The summed E-state index contributed by atoms with van der Waals surface area (Å²) in [6.07, 6.45) is 1.33. The topological polar surface area (TPSA) is 71.1 Å². The molecule has 144 valence electrons. The molecule has 1 rings (SSSR count). The summed E-state index contributed by atoms with van der Waals surface area (Å²) in [5.41, 5.74) is 0.226. The highest BCUT2D eigenvalue weighted by Crippen LogP contribution is 2.24. The van der Waals surface area contributed by atoms with Gasteiger partial charge in [-0.2, -0.15) is 0 Å². The van der Waals surface area contributed by atoms with Gasteiger partial charge in [0.05, 0.1) is 19.8 Å². The first-order valence-corrected chi connectivity index (χ1v) is 8.54. The SMILES string of the molecule is CCOC(=O)C(=Cc1ccc(OC)c(C(=O)OC(C)(C)C)c1)OC(C)C. The Morgan fingerprint density at radius 3 is 2.35 bits per heavy atom. The number of carbonyl (C=O) groups is 2. The lowest BCUT2D eigenvalue weighted by atomic mass is 10.1. The maximum Gasteiger partial charge on any atom is 0.373 e. The van der Waals surface area contributed by atoms with Gasteiger partial charge in [0.15, 0.2) is 0 Å². The molecular weight excluding hydrogens is 336 g/mol. The Hall–Kier alpha value is -2.50. The van der Waals surface area contributed by atoms with Crippen molar-refractivity contribution in [2.45, 2.75) is 53.2 Å². The second kappa shape index (κ2) is 9.27. The number of hydrogen-bond donors (Lipinski definition) is 0. The number of esters is 2. The lowest BCUT2D eigenvalue weighted by Gasteiger charge is -2.20. The summed E-state index contributed by atoms with van der Waals surface area (Å²) in [5, 5.41) is 0. The second-order valence-electron chi connectivity index (χ2n) is 6.86. The van der Waals surface area contributed by atoms with Gasteiger partial charge in [-0.25, -0.2) is 9.59 Å². The van der Waals surface area contributed by atoms with E-state index in [2.05, 4.69) is 0 Å². The molecule has 0 spiro atoms. The maximum atomic E-state index is 12.4. The molecule has 0 aromatic heterocycles. The van der Waals surface area contributed by atoms with Crippen molar-refractivity contribution in [1.29, 1.82) is 0 Å². The van der Waals surface area contributed by atoms with Gasteiger partial charge in [0.25, 0.3) is 0 Å². The smallest absolute Gasteiger partial charge is 0.373 e. The summed E-state index contributed by atoms with van der Waals surface area (Å²) in [6, 6.07) is 4.95. The van der Waals surface area contributed by atoms with Gasteiger partial charge in [-0.05, 0) is 65.3 Å². The summed E-state index contributed by atoms with van der Waals surface area (Å²) < 4.78 is 21.2. The van der Waals surface area contributed by atoms with E-state index in [0.717, 1.165) is 0 Å². The van der Waals surface area contributed by atoms with E-state index in [1.807, 2.05) is 13.8 Å². The quantitative estimate of drug-likeness (QED) is 0.414. The highest BCUT2D eigenvalue weighted by molar-refractivity contribution is 5.95. The molecule has 0 N–H and O–H groups in total. The van der Waals surface area contributed by atoms with Crippen LogP contribution in [-0.2, 0) is 19.0 Å². The molecule has 26 heavy (non-hydrogen) atoms. The molecule has 0 bridgehead atoms. The van der Waals surface area contributed by atoms with Crippen LogP contribution in [0, 0.1) is 0 Å². The molecule has 0 aliphatic carbocycles. The predicted molar refractivity (Wildman–Crippen MR) is 99.0 cm³/mol. The summed E-state index contributed by atoms with van der Waals surface area (Å²) >= 11 is 0. The standard InChI is InChI=1S/C20H28O6/c1-8-24-19(22)17(25-13(2)3)12-14-9-10-16(23-7)15(11-14)18(21)26-20(4,5)6/h9-13H,8H2,1-7H3. The van der Waals surface area contributed by atoms with Crippen molar-refractivity contribution in [2.24, 2.45) is 0 Å². The van der Waals surface area contributed by atoms with Gasteiger partial charge in [-0.15, -0.1) is 0 Å². The van der Waals surface area contributed by atoms with Crippen LogP contribution in [0.4, 0.5) is 0 Å². The van der Waals surface area contributed by atoms with Gasteiger partial charge < -0.3 is 18.9 Å². The fourth-order valence-corrected chi connectivity index (χ4v) is 2.06. The van der Waals surface area contributed by atoms with Crippen molar-refractivity contribution in [1.82, 2.24) is 0 Å². The molecule has 0 fully saturated rings. The van der Waals surface area contributed by atoms with Crippen molar-refractivity contribution in [3.05, 3.63) is 35.1 Å². The molecule has 0 amide bonds. The molecule has 6 heteroatoms. The zero-order valence-electron chi connectivity index (χ0n) is 16.5. The van der Waals surface area contributed by atoms with E-state index in [9.17, 15) is 9.59 Å². The molecule has 0 heterocycles. The summed E-state index contributed by atoms with van der Waals surface area (Å²) in [7, 11) is 1.48. The number of rotatable bonds is 7. The van der Waals surface area contributed by atoms with Crippen LogP contribution in [0.2, 0.25) is 0 Å². The molecule has 0 saturated heterocycles. The van der Waals surface area contributed by atoms with E-state index in [4.69, 9.17) is 18.9 Å². The van der Waals surface area contributed by atoms with Crippen LogP contribution in [0.25, 0.3) is 6.08 Å². The maximum absolute atomic E-state index is 12.4. The van der Waals surface area contributed by atoms with Crippen molar-refractivity contribution >= 4 is 18.0 Å². The minimum absolute atomic E-state index is 0.0714. The molecule has 6 nitrogen and oxygen atoms in total. The highest BCUT2D eigenvalue weighted by atomic mass is 16.6. The third kappa shape index (κ3) is 6.78. The van der Waals surface area contributed by atoms with Gasteiger partial charge in [0.1, 0.15) is 16.9 Å². The molecule has 0 unspecified atom stereocenters. The van der Waals surface area contributed by atoms with Crippen LogP contribution in [0.1, 0.15) is 57.5 Å². The Morgan fingerprint density at radius 2 is 1.85 bits per heavy atom. The Morgan fingerprint density at radius 1 is 1.19 bits per heavy atom. The lowest BCUT2D eigenvalue weighted by molar-refractivity contribution is -0.143. The van der Waals surface area contributed by atoms with Crippen LogP contribution in [-0.4, -0.2) is 37.4 Å². The zero-order chi connectivity index (χ0) is 19.9. The summed E-state index contributed by atoms with van der Waals surface area (Å²) in [5.74, 6) is -0.607. The Bertz CT molecular complexity index is 667.